The molecule has 18 rings (SSSR count). The van der Waals surface area contributed by atoms with Gasteiger partial charge in [0.2, 0.25) is 0 Å². The average Bonchev–Trinajstić information content (AvgIpc) is 0.906. The molecule has 0 saturated heterocycles. The van der Waals surface area contributed by atoms with Crippen LogP contribution < -0.4 is 26.2 Å². The molecule has 0 amide bonds. The summed E-state index contributed by atoms with van der Waals surface area (Å²) in [7, 11) is 0. The fourth-order valence-electron chi connectivity index (χ4n) is 18.9. The molecule has 2 aliphatic rings. The number of pyridine rings is 1. The van der Waals surface area contributed by atoms with Crippen molar-refractivity contribution >= 4 is 101 Å². The van der Waals surface area contributed by atoms with Gasteiger partial charge in [-0.15, -0.1) is 0 Å². The van der Waals surface area contributed by atoms with Crippen molar-refractivity contribution < 1.29 is 0 Å². The lowest BCUT2D eigenvalue weighted by atomic mass is 9.33. The van der Waals surface area contributed by atoms with Gasteiger partial charge in [-0.3, -0.25) is 4.98 Å². The Morgan fingerprint density at radius 3 is 0.926 bits per heavy atom. The van der Waals surface area contributed by atoms with Crippen LogP contribution in [0.15, 0.2) is 279 Å². The molecule has 5 heterocycles. The number of para-hydroxylation sites is 1. The summed E-state index contributed by atoms with van der Waals surface area (Å²) in [6, 6.07) is 109. The molecule has 6 heteroatoms. The van der Waals surface area contributed by atoms with Crippen LogP contribution in [0.25, 0.3) is 111 Å². The Morgan fingerprint density at radius 1 is 0.231 bits per heavy atom. The van der Waals surface area contributed by atoms with E-state index >= 15 is 0 Å². The third-order valence-corrected chi connectivity index (χ3v) is 26.1. The van der Waals surface area contributed by atoms with Crippen LogP contribution in [-0.2, 0) is 43.3 Å². The highest BCUT2D eigenvalue weighted by Gasteiger charge is 2.47. The van der Waals surface area contributed by atoms with E-state index in [4.69, 9.17) is 4.98 Å². The van der Waals surface area contributed by atoms with Crippen LogP contribution in [0.2, 0.25) is 0 Å². The van der Waals surface area contributed by atoms with Gasteiger partial charge in [-0.25, -0.2) is 0 Å². The molecule has 5 nitrogen and oxygen atoms in total. The Balaban J connectivity index is 1.06. The lowest BCUT2D eigenvalue weighted by molar-refractivity contribution is 0.569. The van der Waals surface area contributed by atoms with Crippen LogP contribution in [0.1, 0.15) is 211 Å². The van der Waals surface area contributed by atoms with Crippen molar-refractivity contribution in [1.29, 1.82) is 0 Å². The molecule has 0 bridgehead atoms. The molecule has 2 aliphatic heterocycles. The van der Waals surface area contributed by atoms with Crippen LogP contribution in [-0.4, -0.2) is 20.8 Å². The minimum atomic E-state index is -0.321. The first-order valence-electron chi connectivity index (χ1n) is 43.9. The summed E-state index contributed by atoms with van der Waals surface area (Å²) in [5.41, 5.74) is 37.0. The first-order valence-corrected chi connectivity index (χ1v) is 43.9. The van der Waals surface area contributed by atoms with Gasteiger partial charge in [-0.1, -0.05) is 336 Å². The van der Waals surface area contributed by atoms with E-state index in [1.807, 2.05) is 0 Å². The maximum atomic E-state index is 5.92. The van der Waals surface area contributed by atoms with Crippen LogP contribution in [0.4, 0.5) is 34.1 Å². The number of hydrogen-bond acceptors (Lipinski definition) is 3. The zero-order chi connectivity index (χ0) is 85.5. The van der Waals surface area contributed by atoms with Gasteiger partial charge < -0.3 is 18.9 Å². The van der Waals surface area contributed by atoms with E-state index in [0.29, 0.717) is 0 Å². The zero-order valence-corrected chi connectivity index (χ0v) is 75.9. The van der Waals surface area contributed by atoms with E-state index in [1.54, 1.807) is 0 Å². The van der Waals surface area contributed by atoms with Gasteiger partial charge in [-0.2, -0.15) is 0 Å². The van der Waals surface area contributed by atoms with Crippen molar-refractivity contribution in [2.45, 2.75) is 209 Å². The Hall–Kier alpha value is -11.7. The van der Waals surface area contributed by atoms with E-state index in [9.17, 15) is 0 Å². The van der Waals surface area contributed by atoms with Crippen LogP contribution in [0.3, 0.4) is 0 Å². The number of benzene rings is 13. The molecule has 0 unspecified atom stereocenters. The van der Waals surface area contributed by atoms with Crippen LogP contribution >= 0.6 is 0 Å². The van der Waals surface area contributed by atoms with Crippen molar-refractivity contribution in [3.63, 3.8) is 0 Å². The minimum absolute atomic E-state index is 0.0795. The third kappa shape index (κ3) is 14.1. The molecule has 13 aromatic carbocycles. The van der Waals surface area contributed by atoms with Gasteiger partial charge in [-0.05, 0) is 230 Å². The Bertz CT molecular complexity index is 6590. The summed E-state index contributed by atoms with van der Waals surface area (Å²) in [4.78, 5) is 11.4. The summed E-state index contributed by atoms with van der Waals surface area (Å²) >= 11 is 0. The van der Waals surface area contributed by atoms with E-state index < -0.39 is 0 Å². The molecule has 121 heavy (non-hydrogen) atoms. The molecule has 3 aromatic heterocycles. The Morgan fingerprint density at radius 2 is 0.562 bits per heavy atom. The second-order valence-electron chi connectivity index (χ2n) is 43.0. The Labute approximate surface area is 720 Å². The van der Waals surface area contributed by atoms with Crippen LogP contribution in [0, 0.1) is 0 Å². The number of anilines is 6. The Kier molecular flexibility index (Phi) is 18.9. The topological polar surface area (TPSA) is 29.2 Å². The number of aromatic nitrogens is 3. The number of fused-ring (bicyclic) bond motifs is 10. The number of hydrogen-bond donors (Lipinski definition) is 0. The van der Waals surface area contributed by atoms with E-state index in [2.05, 4.69) is 464 Å². The molecule has 0 fully saturated rings. The van der Waals surface area contributed by atoms with Crippen molar-refractivity contribution in [1.82, 2.24) is 14.1 Å². The highest BCUT2D eigenvalue weighted by molar-refractivity contribution is 7.00. The molecule has 0 atom stereocenters. The summed E-state index contributed by atoms with van der Waals surface area (Å²) in [5, 5.41) is 5.01. The van der Waals surface area contributed by atoms with E-state index in [0.717, 1.165) is 101 Å². The highest BCUT2D eigenvalue weighted by Crippen LogP contribution is 2.56. The molecule has 16 aromatic rings. The second-order valence-corrected chi connectivity index (χ2v) is 43.0. The van der Waals surface area contributed by atoms with Crippen molar-refractivity contribution in [3.8, 4) is 67.1 Å². The fourth-order valence-corrected chi connectivity index (χ4v) is 18.9. The standard InChI is InChI=1S/C115H118BN5/c1-108(2,3)76-46-54-96-88(63-76)89-64-77(109(4,5)6)47-55-97(89)118(96)83-50-52-93-100(69-83)120(106-85(71-36-28-25-29-37-71)42-34-43-86(106)72-38-30-26-31-39-72)102-60-75(74-58-80(112(13,14)15)62-81(59-74)113(16,17)18)61-103-105(102)116(93)94-53-51-84(119-98-56-48-78(110(7,8)9)65-90(98)91-66-79(111(10,11)12)49-57-99(91)119)70-101(94)121(103)107-87(73-40-32-27-33-41-73)67-82(114(19,20)21)68-92(107)95-44-35-45-104(117-95)115(22,23)24/h25-70H,1-24H3. The number of nitrogens with zero attached hydrogens (tertiary/aromatic N) is 5. The maximum Gasteiger partial charge on any atom is 0.252 e. The summed E-state index contributed by atoms with van der Waals surface area (Å²) in [6.07, 6.45) is 0. The van der Waals surface area contributed by atoms with Gasteiger partial charge in [0.05, 0.1) is 39.1 Å². The summed E-state index contributed by atoms with van der Waals surface area (Å²) in [6.45, 7) is 56.0. The van der Waals surface area contributed by atoms with Crippen molar-refractivity contribution in [2.75, 3.05) is 9.80 Å². The van der Waals surface area contributed by atoms with E-state index in [-0.39, 0.29) is 50.0 Å². The lowest BCUT2D eigenvalue weighted by Gasteiger charge is -2.46. The van der Waals surface area contributed by atoms with Gasteiger partial charge in [0, 0.05) is 89.0 Å². The van der Waals surface area contributed by atoms with Crippen molar-refractivity contribution in [2.24, 2.45) is 0 Å². The molecule has 0 aliphatic carbocycles. The highest BCUT2D eigenvalue weighted by atomic mass is 15.2. The molecule has 0 saturated carbocycles. The van der Waals surface area contributed by atoms with Crippen LogP contribution in [0.5, 0.6) is 0 Å². The maximum absolute atomic E-state index is 5.92. The molecule has 606 valence electrons. The summed E-state index contributed by atoms with van der Waals surface area (Å²) in [5.74, 6) is 0. The molecular formula is C115H118BN5. The minimum Gasteiger partial charge on any atom is -0.310 e. The predicted molar refractivity (Wildman–Crippen MR) is 524 cm³/mol. The molecule has 0 spiro atoms. The molecular weight excluding hydrogens is 1460 g/mol. The second kappa shape index (κ2) is 28.5. The van der Waals surface area contributed by atoms with Crippen molar-refractivity contribution in [3.05, 3.63) is 324 Å². The fraction of sp³-hybridized carbons (Fsp3) is 0.278. The SMILES string of the molecule is CC(C)(C)c1cc(-c2cc3c4c(c2)N(c2c(-c5ccccc5)cc(C(C)(C)C)cc2-c2cccc(C(C)(C)C)n2)c2cc(-n5c6ccc(C(C)(C)C)cc6c6cc(C(C)(C)C)ccc65)ccc2B4c2ccc(-n4c5ccc(C(C)(C)C)cc5c5cc(C(C)(C)C)ccc54)cc2N3c2c(-c3ccccc3)cccc2-c2ccccc2)cc(C(C)(C)C)c1. The molecule has 0 N–H and O–H groups in total. The quantitative estimate of drug-likeness (QED) is 0.135. The van der Waals surface area contributed by atoms with E-state index in [1.165, 1.54) is 105 Å². The van der Waals surface area contributed by atoms with Gasteiger partial charge in [0.15, 0.2) is 0 Å². The summed E-state index contributed by atoms with van der Waals surface area (Å²) < 4.78 is 5.16. The predicted octanol–water partition coefficient (Wildman–Crippen LogP) is 30.1. The number of rotatable bonds is 9. The first-order chi connectivity index (χ1) is 57.1. The third-order valence-electron chi connectivity index (χ3n) is 26.1. The van der Waals surface area contributed by atoms with Gasteiger partial charge >= 0.3 is 0 Å². The lowest BCUT2D eigenvalue weighted by Crippen LogP contribution is -2.61. The zero-order valence-electron chi connectivity index (χ0n) is 75.9. The average molecular weight is 1580 g/mol. The smallest absolute Gasteiger partial charge is 0.252 e. The largest absolute Gasteiger partial charge is 0.310 e. The van der Waals surface area contributed by atoms with Gasteiger partial charge in [0.25, 0.3) is 6.71 Å². The monoisotopic (exact) mass is 1580 g/mol. The normalized spacial score (nSPS) is 13.6. The first kappa shape index (κ1) is 80.3. The van der Waals surface area contributed by atoms with Gasteiger partial charge in [0.1, 0.15) is 0 Å². The molecule has 0 radical (unpaired) electrons.